The van der Waals surface area contributed by atoms with Crippen LogP contribution in [0.3, 0.4) is 0 Å². The number of nitrogens with one attached hydrogen (secondary N) is 2. The first-order valence-corrected chi connectivity index (χ1v) is 10.8. The highest BCUT2D eigenvalue weighted by atomic mass is 127. The molecule has 0 spiro atoms. The number of morpholine rings is 1. The summed E-state index contributed by atoms with van der Waals surface area (Å²) < 4.78 is 52.1. The van der Waals surface area contributed by atoms with Crippen molar-refractivity contribution in [3.8, 4) is 0 Å². The molecule has 1 aromatic rings. The summed E-state index contributed by atoms with van der Waals surface area (Å²) in [6.45, 7) is 9.68. The smallest absolute Gasteiger partial charge is 0.378 e. The number of aliphatic imine (C=N–C) groups is 1. The number of guanidine groups is 1. The minimum atomic E-state index is -4.43. The summed E-state index contributed by atoms with van der Waals surface area (Å²) >= 11 is 0. The normalized spacial score (nSPS) is 16.0. The number of alkyl halides is 3. The molecule has 32 heavy (non-hydrogen) atoms. The van der Waals surface area contributed by atoms with Gasteiger partial charge in [0.15, 0.2) is 5.96 Å². The Kier molecular flexibility index (Phi) is 12.7. The van der Waals surface area contributed by atoms with Crippen LogP contribution in [0.4, 0.5) is 18.9 Å². The SMILES string of the molecule is CCOC(CCNC(=NC)NCc1ccc(N2CCOCC2)cc1C(F)(F)F)C(C)C.I. The number of hydrogen-bond donors (Lipinski definition) is 2. The van der Waals surface area contributed by atoms with Crippen LogP contribution in [-0.2, 0) is 22.2 Å². The highest BCUT2D eigenvalue weighted by Crippen LogP contribution is 2.35. The van der Waals surface area contributed by atoms with E-state index < -0.39 is 11.7 Å². The molecule has 184 valence electrons. The number of anilines is 1. The number of hydrogen-bond acceptors (Lipinski definition) is 4. The zero-order valence-corrected chi connectivity index (χ0v) is 21.6. The van der Waals surface area contributed by atoms with Gasteiger partial charge in [-0.3, -0.25) is 4.99 Å². The van der Waals surface area contributed by atoms with Crippen molar-refractivity contribution in [2.75, 3.05) is 51.4 Å². The van der Waals surface area contributed by atoms with Crippen molar-refractivity contribution in [1.29, 1.82) is 0 Å². The average Bonchev–Trinajstić information content (AvgIpc) is 2.75. The topological polar surface area (TPSA) is 58.1 Å². The van der Waals surface area contributed by atoms with Gasteiger partial charge < -0.3 is 25.0 Å². The van der Waals surface area contributed by atoms with Gasteiger partial charge in [-0.15, -0.1) is 24.0 Å². The van der Waals surface area contributed by atoms with Crippen LogP contribution < -0.4 is 15.5 Å². The maximum absolute atomic E-state index is 13.7. The Morgan fingerprint density at radius 3 is 2.47 bits per heavy atom. The van der Waals surface area contributed by atoms with Gasteiger partial charge in [-0.2, -0.15) is 13.2 Å². The molecule has 1 aromatic carbocycles. The zero-order valence-electron chi connectivity index (χ0n) is 19.3. The third-order valence-corrected chi connectivity index (χ3v) is 5.29. The van der Waals surface area contributed by atoms with Crippen molar-refractivity contribution in [3.05, 3.63) is 29.3 Å². The van der Waals surface area contributed by atoms with E-state index in [0.29, 0.717) is 57.0 Å². The highest BCUT2D eigenvalue weighted by Gasteiger charge is 2.34. The highest BCUT2D eigenvalue weighted by molar-refractivity contribution is 14.0. The second-order valence-electron chi connectivity index (χ2n) is 7.82. The fourth-order valence-electron chi connectivity index (χ4n) is 3.56. The fourth-order valence-corrected chi connectivity index (χ4v) is 3.56. The van der Waals surface area contributed by atoms with Crippen LogP contribution in [0.5, 0.6) is 0 Å². The van der Waals surface area contributed by atoms with Crippen LogP contribution in [0, 0.1) is 5.92 Å². The van der Waals surface area contributed by atoms with E-state index in [-0.39, 0.29) is 42.2 Å². The molecule has 0 aliphatic carbocycles. The number of nitrogens with zero attached hydrogens (tertiary/aromatic N) is 2. The maximum atomic E-state index is 13.7. The minimum absolute atomic E-state index is 0. The summed E-state index contributed by atoms with van der Waals surface area (Å²) in [6.07, 6.45) is -3.52. The largest absolute Gasteiger partial charge is 0.416 e. The van der Waals surface area contributed by atoms with Gasteiger partial charge in [-0.25, -0.2) is 0 Å². The van der Waals surface area contributed by atoms with Crippen molar-refractivity contribution >= 4 is 35.6 Å². The summed E-state index contributed by atoms with van der Waals surface area (Å²) in [5.41, 5.74) is 0.120. The molecule has 1 aliphatic rings. The third kappa shape index (κ3) is 8.93. The quantitative estimate of drug-likeness (QED) is 0.263. The first kappa shape index (κ1) is 28.8. The Morgan fingerprint density at radius 1 is 1.22 bits per heavy atom. The van der Waals surface area contributed by atoms with Crippen molar-refractivity contribution in [1.82, 2.24) is 10.6 Å². The Hall–Kier alpha value is -1.27. The lowest BCUT2D eigenvalue weighted by Gasteiger charge is -2.29. The van der Waals surface area contributed by atoms with Crippen molar-refractivity contribution < 1.29 is 22.6 Å². The molecule has 0 radical (unpaired) electrons. The molecule has 1 saturated heterocycles. The predicted molar refractivity (Wildman–Crippen MR) is 133 cm³/mol. The molecule has 1 unspecified atom stereocenters. The monoisotopic (exact) mass is 572 g/mol. The molecule has 6 nitrogen and oxygen atoms in total. The predicted octanol–water partition coefficient (Wildman–Crippen LogP) is 4.28. The molecule has 1 heterocycles. The van der Waals surface area contributed by atoms with Gasteiger partial charge in [0.25, 0.3) is 0 Å². The van der Waals surface area contributed by atoms with E-state index in [9.17, 15) is 13.2 Å². The molecule has 0 bridgehead atoms. The fraction of sp³-hybridized carbons (Fsp3) is 0.682. The lowest BCUT2D eigenvalue weighted by atomic mass is 10.0. The molecular weight excluding hydrogens is 536 g/mol. The molecule has 1 atom stereocenters. The van der Waals surface area contributed by atoms with Gasteiger partial charge in [0.05, 0.1) is 24.9 Å². The Bertz CT molecular complexity index is 711. The lowest BCUT2D eigenvalue weighted by Crippen LogP contribution is -2.39. The molecule has 2 rings (SSSR count). The Labute approximate surface area is 206 Å². The van der Waals surface area contributed by atoms with Crippen molar-refractivity contribution in [2.24, 2.45) is 10.9 Å². The van der Waals surface area contributed by atoms with Crippen LogP contribution in [0.2, 0.25) is 0 Å². The van der Waals surface area contributed by atoms with Crippen LogP contribution in [-0.4, -0.2) is 58.6 Å². The first-order chi connectivity index (χ1) is 14.8. The maximum Gasteiger partial charge on any atom is 0.416 e. The van der Waals surface area contributed by atoms with E-state index in [1.807, 2.05) is 11.8 Å². The zero-order chi connectivity index (χ0) is 22.9. The van der Waals surface area contributed by atoms with Gasteiger partial charge in [0, 0.05) is 45.5 Å². The van der Waals surface area contributed by atoms with Gasteiger partial charge >= 0.3 is 6.18 Å². The number of rotatable bonds is 9. The first-order valence-electron chi connectivity index (χ1n) is 10.8. The van der Waals surface area contributed by atoms with Crippen LogP contribution >= 0.6 is 24.0 Å². The molecular formula is C22H36F3IN4O2. The molecule has 0 saturated carbocycles. The van der Waals surface area contributed by atoms with Gasteiger partial charge in [-0.05, 0) is 37.0 Å². The van der Waals surface area contributed by atoms with Crippen LogP contribution in [0.15, 0.2) is 23.2 Å². The van der Waals surface area contributed by atoms with Gasteiger partial charge in [0.1, 0.15) is 0 Å². The molecule has 2 N–H and O–H groups in total. The second-order valence-corrected chi connectivity index (χ2v) is 7.82. The second kappa shape index (κ2) is 14.1. The van der Waals surface area contributed by atoms with E-state index in [2.05, 4.69) is 29.5 Å². The van der Waals surface area contributed by atoms with E-state index in [1.165, 1.54) is 12.1 Å². The molecule has 1 aliphatic heterocycles. The molecule has 1 fully saturated rings. The third-order valence-electron chi connectivity index (χ3n) is 5.29. The van der Waals surface area contributed by atoms with Crippen molar-refractivity contribution in [3.63, 3.8) is 0 Å². The minimum Gasteiger partial charge on any atom is -0.378 e. The number of ether oxygens (including phenoxy) is 2. The van der Waals surface area contributed by atoms with E-state index in [1.54, 1.807) is 13.1 Å². The summed E-state index contributed by atoms with van der Waals surface area (Å²) in [5, 5.41) is 6.16. The molecule has 0 amide bonds. The number of benzene rings is 1. The van der Waals surface area contributed by atoms with Gasteiger partial charge in [-0.1, -0.05) is 19.9 Å². The lowest BCUT2D eigenvalue weighted by molar-refractivity contribution is -0.138. The Morgan fingerprint density at radius 2 is 1.91 bits per heavy atom. The average molecular weight is 572 g/mol. The van der Waals surface area contributed by atoms with E-state index in [0.717, 1.165) is 6.42 Å². The summed E-state index contributed by atoms with van der Waals surface area (Å²) in [5.74, 6) is 0.848. The summed E-state index contributed by atoms with van der Waals surface area (Å²) in [4.78, 5) is 6.04. The van der Waals surface area contributed by atoms with E-state index in [4.69, 9.17) is 9.47 Å². The van der Waals surface area contributed by atoms with Crippen LogP contribution in [0.1, 0.15) is 38.3 Å². The summed E-state index contributed by atoms with van der Waals surface area (Å²) in [7, 11) is 1.60. The molecule has 10 heteroatoms. The number of halogens is 4. The van der Waals surface area contributed by atoms with Crippen molar-refractivity contribution in [2.45, 2.75) is 46.0 Å². The standard InChI is InChI=1S/C22H35F3N4O2.HI/c1-5-31-20(16(2)3)8-9-27-21(26-4)28-15-17-6-7-18(14-19(17)22(23,24)25)29-10-12-30-13-11-29;/h6-7,14,16,20H,5,8-13,15H2,1-4H3,(H2,26,27,28);1H. The van der Waals surface area contributed by atoms with E-state index >= 15 is 0 Å². The van der Waals surface area contributed by atoms with Gasteiger partial charge in [0.2, 0.25) is 0 Å². The Balaban J connectivity index is 0.00000512. The molecule has 0 aromatic heterocycles. The summed E-state index contributed by atoms with van der Waals surface area (Å²) in [6, 6.07) is 4.51. The van der Waals surface area contributed by atoms with Crippen LogP contribution in [0.25, 0.3) is 0 Å².